The fourth-order valence-corrected chi connectivity index (χ4v) is 2.27. The van der Waals surface area contributed by atoms with Gasteiger partial charge in [0, 0.05) is 18.1 Å². The zero-order valence-corrected chi connectivity index (χ0v) is 13.2. The van der Waals surface area contributed by atoms with Crippen molar-refractivity contribution >= 4 is 11.6 Å². The van der Waals surface area contributed by atoms with Gasteiger partial charge in [-0.2, -0.15) is 23.3 Å². The van der Waals surface area contributed by atoms with E-state index in [9.17, 15) is 13.2 Å². The summed E-state index contributed by atoms with van der Waals surface area (Å²) in [5.41, 5.74) is -0.541. The molecule has 0 aliphatic carbocycles. The van der Waals surface area contributed by atoms with E-state index >= 15 is 0 Å². The van der Waals surface area contributed by atoms with Gasteiger partial charge in [0.2, 0.25) is 5.82 Å². The number of hydrogen-bond acceptors (Lipinski definition) is 5. The lowest BCUT2D eigenvalue weighted by atomic mass is 10.2. The normalized spacial score (nSPS) is 11.8. The van der Waals surface area contributed by atoms with Crippen LogP contribution in [0.1, 0.15) is 5.69 Å². The number of hydrogen-bond donors (Lipinski definition) is 0. The molecule has 0 bridgehead atoms. The summed E-state index contributed by atoms with van der Waals surface area (Å²) in [6.07, 6.45) is -4.56. The number of aromatic nitrogens is 4. The minimum absolute atomic E-state index is 0.0436. The van der Waals surface area contributed by atoms with Gasteiger partial charge in [0.05, 0.1) is 12.7 Å². The molecule has 1 aromatic carbocycles. The van der Waals surface area contributed by atoms with E-state index in [1.54, 1.807) is 18.2 Å². The van der Waals surface area contributed by atoms with Gasteiger partial charge in [0.15, 0.2) is 5.69 Å². The third-order valence-corrected chi connectivity index (χ3v) is 3.45. The predicted molar refractivity (Wildman–Crippen MR) is 78.5 cm³/mol. The quantitative estimate of drug-likeness (QED) is 0.712. The molecule has 2 heterocycles. The van der Waals surface area contributed by atoms with E-state index in [4.69, 9.17) is 20.9 Å². The second kappa shape index (κ2) is 5.82. The van der Waals surface area contributed by atoms with Gasteiger partial charge < -0.3 is 9.26 Å². The molecule has 6 nitrogen and oxygen atoms in total. The van der Waals surface area contributed by atoms with E-state index in [2.05, 4.69) is 15.2 Å². The zero-order valence-electron chi connectivity index (χ0n) is 12.4. The van der Waals surface area contributed by atoms with Crippen LogP contribution in [0, 0.1) is 0 Å². The van der Waals surface area contributed by atoms with Crippen molar-refractivity contribution in [2.75, 3.05) is 7.11 Å². The molecule has 0 fully saturated rings. The lowest BCUT2D eigenvalue weighted by Gasteiger charge is -2.04. The highest BCUT2D eigenvalue weighted by molar-refractivity contribution is 6.30. The number of ether oxygens (including phenoxy) is 1. The van der Waals surface area contributed by atoms with Crippen LogP contribution < -0.4 is 4.74 Å². The first kappa shape index (κ1) is 16.3. The summed E-state index contributed by atoms with van der Waals surface area (Å²) in [7, 11) is 2.82. The monoisotopic (exact) mass is 358 g/mol. The highest BCUT2D eigenvalue weighted by atomic mass is 35.5. The Hall–Kier alpha value is -2.55. The lowest BCUT2D eigenvalue weighted by molar-refractivity contribution is -0.141. The maximum absolute atomic E-state index is 12.7. The lowest BCUT2D eigenvalue weighted by Crippen LogP contribution is -2.06. The number of benzene rings is 1. The second-order valence-corrected chi connectivity index (χ2v) is 5.24. The molecule has 0 saturated carbocycles. The smallest absolute Gasteiger partial charge is 0.435 e. The highest BCUT2D eigenvalue weighted by Gasteiger charge is 2.35. The van der Waals surface area contributed by atoms with Crippen molar-refractivity contribution in [2.45, 2.75) is 6.18 Å². The van der Waals surface area contributed by atoms with E-state index < -0.39 is 11.9 Å². The molecule has 3 aromatic rings. The molecule has 0 radical (unpaired) electrons. The summed E-state index contributed by atoms with van der Waals surface area (Å²) in [6.45, 7) is 0. The summed E-state index contributed by atoms with van der Waals surface area (Å²) >= 11 is 5.95. The fourth-order valence-electron chi connectivity index (χ4n) is 2.10. The van der Waals surface area contributed by atoms with Crippen molar-refractivity contribution in [3.05, 3.63) is 35.0 Å². The van der Waals surface area contributed by atoms with Crippen LogP contribution in [0.2, 0.25) is 5.02 Å². The Morgan fingerprint density at radius 2 is 2.00 bits per heavy atom. The maximum Gasteiger partial charge on any atom is 0.435 e. The first-order valence-corrected chi connectivity index (χ1v) is 6.96. The van der Waals surface area contributed by atoms with Gasteiger partial charge in [0.25, 0.3) is 5.89 Å². The summed E-state index contributed by atoms with van der Waals surface area (Å²) in [6, 6.07) is 5.66. The average molecular weight is 359 g/mol. The van der Waals surface area contributed by atoms with Crippen molar-refractivity contribution in [2.24, 2.45) is 7.05 Å². The highest BCUT2D eigenvalue weighted by Crippen LogP contribution is 2.34. The van der Waals surface area contributed by atoms with Crippen LogP contribution in [0.5, 0.6) is 5.75 Å². The second-order valence-electron chi connectivity index (χ2n) is 4.80. The number of nitrogens with zero attached hydrogens (tertiary/aromatic N) is 4. The maximum atomic E-state index is 12.7. The van der Waals surface area contributed by atoms with Crippen LogP contribution in [0.25, 0.3) is 23.0 Å². The summed E-state index contributed by atoms with van der Waals surface area (Å²) < 4.78 is 49.5. The molecular weight excluding hydrogens is 349 g/mol. The van der Waals surface area contributed by atoms with Crippen LogP contribution in [-0.2, 0) is 13.2 Å². The molecule has 0 unspecified atom stereocenters. The van der Waals surface area contributed by atoms with Gasteiger partial charge in [-0.3, -0.25) is 4.68 Å². The Kier molecular flexibility index (Phi) is 3.96. The minimum Gasteiger partial charge on any atom is -0.496 e. The standard InChI is InChI=1S/C14H10ClF3N4O2/c1-22-9(6-11(20-22)14(16,17)18)13-19-12(21-24-13)8-5-7(15)3-4-10(8)23-2/h3-6H,1-2H3. The Balaban J connectivity index is 2.03. The van der Waals surface area contributed by atoms with E-state index in [0.717, 1.165) is 10.7 Å². The molecule has 24 heavy (non-hydrogen) atoms. The molecule has 3 rings (SSSR count). The molecule has 2 aromatic heterocycles. The third kappa shape index (κ3) is 2.94. The Bertz CT molecular complexity index is 889. The van der Waals surface area contributed by atoms with E-state index in [0.29, 0.717) is 16.3 Å². The van der Waals surface area contributed by atoms with Crippen molar-refractivity contribution in [3.63, 3.8) is 0 Å². The van der Waals surface area contributed by atoms with Gasteiger partial charge in [-0.1, -0.05) is 16.8 Å². The Labute approximate surface area is 138 Å². The van der Waals surface area contributed by atoms with Crippen molar-refractivity contribution in [1.29, 1.82) is 0 Å². The van der Waals surface area contributed by atoms with Gasteiger partial charge in [-0.25, -0.2) is 0 Å². The van der Waals surface area contributed by atoms with E-state index in [1.807, 2.05) is 0 Å². The zero-order chi connectivity index (χ0) is 17.5. The van der Waals surface area contributed by atoms with Crippen LogP contribution in [0.3, 0.4) is 0 Å². The van der Waals surface area contributed by atoms with E-state index in [1.165, 1.54) is 14.2 Å². The van der Waals surface area contributed by atoms with Gasteiger partial charge in [0.1, 0.15) is 11.4 Å². The third-order valence-electron chi connectivity index (χ3n) is 3.22. The SMILES string of the molecule is COc1ccc(Cl)cc1-c1noc(-c2cc(C(F)(F)F)nn2C)n1. The minimum atomic E-state index is -4.56. The molecule has 0 spiro atoms. The van der Waals surface area contributed by atoms with Crippen LogP contribution >= 0.6 is 11.6 Å². The number of rotatable bonds is 3. The topological polar surface area (TPSA) is 66.0 Å². The van der Waals surface area contributed by atoms with Crippen LogP contribution in [0.4, 0.5) is 13.2 Å². The molecule has 0 N–H and O–H groups in total. The molecule has 10 heteroatoms. The molecule has 0 aliphatic heterocycles. The number of alkyl halides is 3. The summed E-state index contributed by atoms with van der Waals surface area (Å²) in [5, 5.41) is 7.61. The first-order chi connectivity index (χ1) is 11.3. The number of halogens is 4. The van der Waals surface area contributed by atoms with Crippen LogP contribution in [-0.4, -0.2) is 27.0 Å². The van der Waals surface area contributed by atoms with Crippen molar-refractivity contribution < 1.29 is 22.4 Å². The molecule has 0 atom stereocenters. The van der Waals surface area contributed by atoms with Gasteiger partial charge >= 0.3 is 6.18 Å². The van der Waals surface area contributed by atoms with Gasteiger partial charge in [-0.05, 0) is 18.2 Å². The Morgan fingerprint density at radius 3 is 2.62 bits per heavy atom. The summed E-state index contributed by atoms with van der Waals surface area (Å²) in [4.78, 5) is 4.11. The van der Waals surface area contributed by atoms with Gasteiger partial charge in [-0.15, -0.1) is 0 Å². The first-order valence-electron chi connectivity index (χ1n) is 6.59. The van der Waals surface area contributed by atoms with Crippen molar-refractivity contribution in [3.8, 4) is 28.7 Å². The molecule has 0 amide bonds. The Morgan fingerprint density at radius 1 is 1.25 bits per heavy atom. The number of aryl methyl sites for hydroxylation is 1. The van der Waals surface area contributed by atoms with E-state index in [-0.39, 0.29) is 17.4 Å². The molecule has 126 valence electrons. The van der Waals surface area contributed by atoms with Crippen LogP contribution in [0.15, 0.2) is 28.8 Å². The molecular formula is C14H10ClF3N4O2. The fraction of sp³-hybridized carbons (Fsp3) is 0.214. The molecule has 0 saturated heterocycles. The van der Waals surface area contributed by atoms with Crippen molar-refractivity contribution in [1.82, 2.24) is 19.9 Å². The largest absolute Gasteiger partial charge is 0.496 e. The average Bonchev–Trinajstić information content (AvgIpc) is 3.13. The number of methoxy groups -OCH3 is 1. The molecule has 0 aliphatic rings. The summed E-state index contributed by atoms with van der Waals surface area (Å²) in [5.74, 6) is 0.490. The predicted octanol–water partition coefficient (Wildman–Crippen LogP) is 3.82.